The van der Waals surface area contributed by atoms with Gasteiger partial charge in [-0.05, 0) is 75.2 Å². The van der Waals surface area contributed by atoms with Gasteiger partial charge in [-0.3, -0.25) is 30.1 Å². The number of fused-ring (bicyclic) bond motifs is 2. The topological polar surface area (TPSA) is 105 Å². The van der Waals surface area contributed by atoms with E-state index in [1.54, 1.807) is 6.92 Å². The summed E-state index contributed by atoms with van der Waals surface area (Å²) in [5.41, 5.74) is 9.34. The molecule has 8 nitrogen and oxygen atoms in total. The first-order valence-electron chi connectivity index (χ1n) is 18.3. The van der Waals surface area contributed by atoms with Crippen LogP contribution in [-0.2, 0) is 42.2 Å². The van der Waals surface area contributed by atoms with Gasteiger partial charge in [-0.15, -0.1) is 0 Å². The standard InChI is InChI=1S/C42H48N4O4.C2H6/c1-4-31-14-5-6-15-32(31)26-46(25-22-41(47)48)29-39-36-19-10-8-17-34(36)38(35-18-9-11-20-37(35)39)28-45(24-13-23-43-42(49)30(2)3)27-33-16-7-12-21-40(33)44-50;1-2/h5-12,14-21,44,50H,2,4,13,22-29H2,1,3H3,(H,43,49)(H,47,48);1-2H3. The van der Waals surface area contributed by atoms with Crippen LogP contribution in [0.1, 0.15) is 68.4 Å². The minimum absolute atomic E-state index is 0.0637. The minimum Gasteiger partial charge on any atom is -0.481 e. The van der Waals surface area contributed by atoms with Gasteiger partial charge in [-0.2, -0.15) is 0 Å². The summed E-state index contributed by atoms with van der Waals surface area (Å²) in [5, 5.41) is 27.1. The summed E-state index contributed by atoms with van der Waals surface area (Å²) in [6, 6.07) is 33.2. The molecule has 5 aromatic carbocycles. The van der Waals surface area contributed by atoms with Gasteiger partial charge in [-0.25, -0.2) is 0 Å². The Bertz CT molecular complexity index is 1900. The molecule has 0 unspecified atom stereocenters. The Kier molecular flexibility index (Phi) is 15.4. The average Bonchev–Trinajstić information content (AvgIpc) is 3.17. The molecule has 0 saturated carbocycles. The van der Waals surface area contributed by atoms with E-state index in [2.05, 4.69) is 107 Å². The molecule has 5 aromatic rings. The first-order chi connectivity index (χ1) is 25.3. The molecule has 0 aliphatic rings. The number of hydrogen-bond donors (Lipinski definition) is 4. The van der Waals surface area contributed by atoms with E-state index < -0.39 is 5.97 Å². The Morgan fingerprint density at radius 2 is 1.13 bits per heavy atom. The molecule has 8 heteroatoms. The highest BCUT2D eigenvalue weighted by molar-refractivity contribution is 6.05. The zero-order valence-corrected chi connectivity index (χ0v) is 31.1. The molecule has 0 bridgehead atoms. The molecule has 0 aromatic heterocycles. The van der Waals surface area contributed by atoms with Gasteiger partial charge in [0, 0.05) is 51.4 Å². The highest BCUT2D eigenvalue weighted by Gasteiger charge is 2.20. The molecule has 0 atom stereocenters. The number of carbonyl (C=O) groups is 2. The number of amides is 1. The van der Waals surface area contributed by atoms with Crippen molar-refractivity contribution >= 4 is 39.1 Å². The average molecular weight is 703 g/mol. The Labute approximate surface area is 308 Å². The monoisotopic (exact) mass is 702 g/mol. The number of anilines is 1. The third-order valence-corrected chi connectivity index (χ3v) is 9.31. The fourth-order valence-electron chi connectivity index (χ4n) is 6.74. The van der Waals surface area contributed by atoms with E-state index in [0.717, 1.165) is 39.9 Å². The maximum absolute atomic E-state index is 12.2. The van der Waals surface area contributed by atoms with Gasteiger partial charge < -0.3 is 10.4 Å². The molecule has 0 heterocycles. The number of carbonyl (C=O) groups excluding carboxylic acids is 1. The van der Waals surface area contributed by atoms with Crippen LogP contribution in [0.25, 0.3) is 21.5 Å². The highest BCUT2D eigenvalue weighted by atomic mass is 16.5. The number of aliphatic carboxylic acids is 1. The largest absolute Gasteiger partial charge is 0.481 e. The van der Waals surface area contributed by atoms with Crippen LogP contribution >= 0.6 is 0 Å². The number of para-hydroxylation sites is 1. The van der Waals surface area contributed by atoms with Crippen LogP contribution < -0.4 is 10.8 Å². The van der Waals surface area contributed by atoms with Crippen molar-refractivity contribution in [3.63, 3.8) is 0 Å². The Morgan fingerprint density at radius 3 is 1.63 bits per heavy atom. The number of benzene rings is 5. The van der Waals surface area contributed by atoms with Gasteiger partial charge in [0.05, 0.1) is 12.1 Å². The van der Waals surface area contributed by atoms with Crippen LogP contribution in [0.3, 0.4) is 0 Å². The molecule has 0 aliphatic carbocycles. The van der Waals surface area contributed by atoms with E-state index in [4.69, 9.17) is 0 Å². The highest BCUT2D eigenvalue weighted by Crippen LogP contribution is 2.35. The van der Waals surface area contributed by atoms with E-state index in [1.807, 2.05) is 38.1 Å². The number of carboxylic acid groups (broad SMARTS) is 1. The second-order valence-electron chi connectivity index (χ2n) is 12.9. The van der Waals surface area contributed by atoms with Crippen molar-refractivity contribution in [3.05, 3.63) is 137 Å². The first-order valence-corrected chi connectivity index (χ1v) is 18.3. The molecule has 0 aliphatic heterocycles. The third kappa shape index (κ3) is 10.5. The predicted octanol–water partition coefficient (Wildman–Crippen LogP) is 8.94. The molecule has 1 amide bonds. The quantitative estimate of drug-likeness (QED) is 0.0313. The molecular weight excluding hydrogens is 649 g/mol. The van der Waals surface area contributed by atoms with Crippen molar-refractivity contribution in [1.82, 2.24) is 15.1 Å². The van der Waals surface area contributed by atoms with Crippen LogP contribution in [0.2, 0.25) is 0 Å². The van der Waals surface area contributed by atoms with E-state index in [1.165, 1.54) is 22.3 Å². The molecule has 274 valence electrons. The molecule has 0 spiro atoms. The van der Waals surface area contributed by atoms with Crippen LogP contribution in [0.4, 0.5) is 5.69 Å². The summed E-state index contributed by atoms with van der Waals surface area (Å²) in [7, 11) is 0. The lowest BCUT2D eigenvalue weighted by Crippen LogP contribution is -2.30. The summed E-state index contributed by atoms with van der Waals surface area (Å²) in [6.45, 7) is 15.8. The lowest BCUT2D eigenvalue weighted by atomic mass is 9.90. The SMILES string of the molecule is C=C(C)C(=O)NCCCN(Cc1ccccc1NO)Cc1c2ccccc2c(CN(CCC(=O)O)Cc2ccccc2CC)c2ccccc12.CC. The lowest BCUT2D eigenvalue weighted by Gasteiger charge is -2.28. The van der Waals surface area contributed by atoms with Crippen molar-refractivity contribution in [2.45, 2.75) is 73.1 Å². The van der Waals surface area contributed by atoms with Crippen molar-refractivity contribution in [2.24, 2.45) is 0 Å². The van der Waals surface area contributed by atoms with Crippen molar-refractivity contribution in [3.8, 4) is 0 Å². The number of rotatable bonds is 18. The van der Waals surface area contributed by atoms with Crippen molar-refractivity contribution < 1.29 is 19.9 Å². The van der Waals surface area contributed by atoms with E-state index in [-0.39, 0.29) is 12.3 Å². The first kappa shape index (κ1) is 39.8. The van der Waals surface area contributed by atoms with Gasteiger partial charge in [-0.1, -0.05) is 118 Å². The van der Waals surface area contributed by atoms with Gasteiger partial charge >= 0.3 is 5.97 Å². The number of nitrogens with one attached hydrogen (secondary N) is 2. The smallest absolute Gasteiger partial charge is 0.304 e. The van der Waals surface area contributed by atoms with Crippen molar-refractivity contribution in [1.29, 1.82) is 0 Å². The van der Waals surface area contributed by atoms with E-state index >= 15 is 0 Å². The van der Waals surface area contributed by atoms with E-state index in [9.17, 15) is 19.9 Å². The molecule has 4 N–H and O–H groups in total. The predicted molar refractivity (Wildman–Crippen MR) is 213 cm³/mol. The van der Waals surface area contributed by atoms with E-state index in [0.29, 0.717) is 57.1 Å². The van der Waals surface area contributed by atoms with Crippen LogP contribution in [0.15, 0.2) is 109 Å². The maximum atomic E-state index is 12.2. The summed E-state index contributed by atoms with van der Waals surface area (Å²) >= 11 is 0. The molecule has 5 rings (SSSR count). The van der Waals surface area contributed by atoms with Crippen LogP contribution in [-0.4, -0.2) is 51.6 Å². The Morgan fingerprint density at radius 1 is 0.673 bits per heavy atom. The van der Waals surface area contributed by atoms with Crippen LogP contribution in [0.5, 0.6) is 0 Å². The maximum Gasteiger partial charge on any atom is 0.304 e. The van der Waals surface area contributed by atoms with Gasteiger partial charge in [0.15, 0.2) is 0 Å². The number of aryl methyl sites for hydroxylation is 1. The number of hydrogen-bond acceptors (Lipinski definition) is 6. The van der Waals surface area contributed by atoms with Gasteiger partial charge in [0.1, 0.15) is 0 Å². The molecule has 52 heavy (non-hydrogen) atoms. The normalized spacial score (nSPS) is 11.1. The minimum atomic E-state index is -0.805. The summed E-state index contributed by atoms with van der Waals surface area (Å²) in [4.78, 5) is 28.6. The fourth-order valence-corrected chi connectivity index (χ4v) is 6.74. The molecule has 0 fully saturated rings. The zero-order chi connectivity index (χ0) is 37.5. The summed E-state index contributed by atoms with van der Waals surface area (Å²) < 4.78 is 0. The zero-order valence-electron chi connectivity index (χ0n) is 31.1. The molecule has 0 radical (unpaired) electrons. The van der Waals surface area contributed by atoms with Gasteiger partial charge in [0.2, 0.25) is 5.91 Å². The molecule has 0 saturated heterocycles. The van der Waals surface area contributed by atoms with Crippen molar-refractivity contribution in [2.75, 3.05) is 25.1 Å². The molecular formula is C44H54N4O4. The van der Waals surface area contributed by atoms with Crippen LogP contribution in [0, 0.1) is 0 Å². The Hall–Kier alpha value is -5.02. The second kappa shape index (κ2) is 20.1. The van der Waals surface area contributed by atoms with Gasteiger partial charge in [0.25, 0.3) is 0 Å². The fraction of sp³-hybridized carbons (Fsp3) is 0.318. The Balaban J connectivity index is 0.00000297. The summed E-state index contributed by atoms with van der Waals surface area (Å²) in [5.74, 6) is -0.948. The number of carboxylic acids is 1. The summed E-state index contributed by atoms with van der Waals surface area (Å²) in [6.07, 6.45) is 1.72. The third-order valence-electron chi connectivity index (χ3n) is 9.31. The second-order valence-corrected chi connectivity index (χ2v) is 12.9. The lowest BCUT2D eigenvalue weighted by molar-refractivity contribution is -0.137. The number of nitrogens with zero attached hydrogens (tertiary/aromatic N) is 2.